The smallest absolute Gasteiger partial charge is 0.0104 e. The van der Waals surface area contributed by atoms with E-state index in [1.165, 1.54) is 70.9 Å². The van der Waals surface area contributed by atoms with Crippen LogP contribution in [-0.4, -0.2) is 37.1 Å². The first kappa shape index (κ1) is 14.3. The lowest BCUT2D eigenvalue weighted by Gasteiger charge is -2.41. The molecular weight excluding hydrogens is 220 g/mol. The largest absolute Gasteiger partial charge is 0.317 e. The van der Waals surface area contributed by atoms with E-state index in [0.717, 1.165) is 18.0 Å². The van der Waals surface area contributed by atoms with E-state index in [1.807, 2.05) is 0 Å². The highest BCUT2D eigenvalue weighted by Gasteiger charge is 2.29. The van der Waals surface area contributed by atoms with Gasteiger partial charge in [0.2, 0.25) is 0 Å². The van der Waals surface area contributed by atoms with E-state index in [4.69, 9.17) is 0 Å². The average Bonchev–Trinajstić information content (AvgIpc) is 2.42. The second-order valence-corrected chi connectivity index (χ2v) is 6.37. The fraction of sp³-hybridized carbons (Fsp3) is 1.00. The molecule has 106 valence electrons. The van der Waals surface area contributed by atoms with Crippen molar-refractivity contribution in [3.8, 4) is 0 Å². The van der Waals surface area contributed by atoms with Crippen molar-refractivity contribution in [1.29, 1.82) is 0 Å². The molecular formula is C16H32N2. The van der Waals surface area contributed by atoms with Gasteiger partial charge < -0.3 is 10.2 Å². The third-order valence-electron chi connectivity index (χ3n) is 5.12. The summed E-state index contributed by atoms with van der Waals surface area (Å²) in [5.74, 6) is 0.904. The third kappa shape index (κ3) is 3.71. The van der Waals surface area contributed by atoms with Crippen LogP contribution in [0, 0.1) is 5.92 Å². The first-order chi connectivity index (χ1) is 8.85. The highest BCUT2D eigenvalue weighted by Crippen LogP contribution is 2.28. The van der Waals surface area contributed by atoms with Crippen molar-refractivity contribution >= 4 is 0 Å². The van der Waals surface area contributed by atoms with Gasteiger partial charge in [-0.3, -0.25) is 0 Å². The van der Waals surface area contributed by atoms with Gasteiger partial charge in [0.15, 0.2) is 0 Å². The van der Waals surface area contributed by atoms with Crippen molar-refractivity contribution < 1.29 is 0 Å². The van der Waals surface area contributed by atoms with Gasteiger partial charge in [-0.1, -0.05) is 32.6 Å². The van der Waals surface area contributed by atoms with E-state index in [9.17, 15) is 0 Å². The maximum Gasteiger partial charge on any atom is 0.0104 e. The molecule has 0 bridgehead atoms. The molecule has 2 nitrogen and oxygen atoms in total. The Hall–Kier alpha value is -0.0800. The number of nitrogens with zero attached hydrogens (tertiary/aromatic N) is 1. The molecule has 1 heterocycles. The summed E-state index contributed by atoms with van der Waals surface area (Å²) in [5.41, 5.74) is 0. The maximum atomic E-state index is 3.56. The Morgan fingerprint density at radius 3 is 2.61 bits per heavy atom. The van der Waals surface area contributed by atoms with Gasteiger partial charge in [-0.2, -0.15) is 0 Å². The van der Waals surface area contributed by atoms with Crippen LogP contribution >= 0.6 is 0 Å². The lowest BCUT2D eigenvalue weighted by molar-refractivity contribution is 0.0950. The van der Waals surface area contributed by atoms with Gasteiger partial charge in [-0.25, -0.2) is 0 Å². The topological polar surface area (TPSA) is 15.3 Å². The lowest BCUT2D eigenvalue weighted by atomic mass is 9.83. The molecule has 3 atom stereocenters. The summed E-state index contributed by atoms with van der Waals surface area (Å²) in [7, 11) is 2.16. The number of hydrogen-bond acceptors (Lipinski definition) is 2. The first-order valence-corrected chi connectivity index (χ1v) is 8.26. The molecule has 0 spiro atoms. The summed E-state index contributed by atoms with van der Waals surface area (Å²) >= 11 is 0. The minimum absolute atomic E-state index is 0.781. The second kappa shape index (κ2) is 7.49. The zero-order valence-electron chi connectivity index (χ0n) is 12.5. The summed E-state index contributed by atoms with van der Waals surface area (Å²) in [5, 5.41) is 3.56. The fourth-order valence-electron chi connectivity index (χ4n) is 4.07. The van der Waals surface area contributed by atoms with Crippen molar-refractivity contribution in [2.24, 2.45) is 5.92 Å². The molecule has 2 heteroatoms. The van der Waals surface area contributed by atoms with Crippen molar-refractivity contribution in [2.75, 3.05) is 20.1 Å². The van der Waals surface area contributed by atoms with Crippen molar-refractivity contribution in [3.05, 3.63) is 0 Å². The van der Waals surface area contributed by atoms with Crippen molar-refractivity contribution in [2.45, 2.75) is 76.8 Å². The molecule has 18 heavy (non-hydrogen) atoms. The van der Waals surface area contributed by atoms with E-state index in [0.29, 0.717) is 0 Å². The Bertz CT molecular complexity index is 227. The zero-order valence-corrected chi connectivity index (χ0v) is 12.5. The molecule has 0 aromatic carbocycles. The van der Waals surface area contributed by atoms with E-state index in [1.54, 1.807) is 0 Å². The predicted octanol–water partition coefficient (Wildman–Crippen LogP) is 3.42. The molecule has 0 aromatic rings. The number of piperidine rings is 1. The van der Waals surface area contributed by atoms with E-state index >= 15 is 0 Å². The minimum atomic E-state index is 0.781. The molecule has 0 radical (unpaired) electrons. The fourth-order valence-corrected chi connectivity index (χ4v) is 4.07. The number of hydrogen-bond donors (Lipinski definition) is 1. The summed E-state index contributed by atoms with van der Waals surface area (Å²) in [6.07, 6.45) is 12.8. The van der Waals surface area contributed by atoms with Crippen LogP contribution in [0.4, 0.5) is 0 Å². The zero-order chi connectivity index (χ0) is 12.8. The van der Waals surface area contributed by atoms with Gasteiger partial charge in [0.05, 0.1) is 0 Å². The van der Waals surface area contributed by atoms with E-state index in [2.05, 4.69) is 24.2 Å². The molecule has 0 aromatic heterocycles. The highest BCUT2D eigenvalue weighted by atomic mass is 15.2. The van der Waals surface area contributed by atoms with Crippen LogP contribution in [0.2, 0.25) is 0 Å². The van der Waals surface area contributed by atoms with Gasteiger partial charge in [0, 0.05) is 18.6 Å². The Labute approximate surface area is 114 Å². The first-order valence-electron chi connectivity index (χ1n) is 8.26. The Balaban J connectivity index is 1.88. The van der Waals surface area contributed by atoms with Crippen LogP contribution in [0.5, 0.6) is 0 Å². The van der Waals surface area contributed by atoms with Gasteiger partial charge in [0.1, 0.15) is 0 Å². The van der Waals surface area contributed by atoms with Crippen LogP contribution < -0.4 is 5.32 Å². The molecule has 2 fully saturated rings. The molecule has 1 aliphatic heterocycles. The highest BCUT2D eigenvalue weighted by molar-refractivity contribution is 4.85. The van der Waals surface area contributed by atoms with Crippen LogP contribution in [0.3, 0.4) is 0 Å². The average molecular weight is 252 g/mol. The maximum absolute atomic E-state index is 3.56. The SMILES string of the molecule is CCCC1CCCCN1CC1CCCCC1NC. The molecule has 1 aliphatic carbocycles. The summed E-state index contributed by atoms with van der Waals surface area (Å²) in [6, 6.07) is 1.67. The predicted molar refractivity (Wildman–Crippen MR) is 78.9 cm³/mol. The van der Waals surface area contributed by atoms with Gasteiger partial charge in [0.25, 0.3) is 0 Å². The second-order valence-electron chi connectivity index (χ2n) is 6.37. The van der Waals surface area contributed by atoms with Crippen LogP contribution in [0.25, 0.3) is 0 Å². The van der Waals surface area contributed by atoms with Crippen molar-refractivity contribution in [3.63, 3.8) is 0 Å². The molecule has 3 unspecified atom stereocenters. The molecule has 0 amide bonds. The minimum Gasteiger partial charge on any atom is -0.317 e. The Kier molecular flexibility index (Phi) is 5.97. The van der Waals surface area contributed by atoms with Gasteiger partial charge >= 0.3 is 0 Å². The normalized spacial score (nSPS) is 34.7. The standard InChI is InChI=1S/C16H32N2/c1-3-8-15-10-6-7-12-18(15)13-14-9-4-5-11-16(14)17-2/h14-17H,3-13H2,1-2H3. The summed E-state index contributed by atoms with van der Waals surface area (Å²) in [6.45, 7) is 5.05. The van der Waals surface area contributed by atoms with Gasteiger partial charge in [-0.15, -0.1) is 0 Å². The lowest BCUT2D eigenvalue weighted by Crippen LogP contribution is -2.47. The van der Waals surface area contributed by atoms with Crippen LogP contribution in [-0.2, 0) is 0 Å². The van der Waals surface area contributed by atoms with Crippen LogP contribution in [0.1, 0.15) is 64.7 Å². The van der Waals surface area contributed by atoms with Gasteiger partial charge in [-0.05, 0) is 51.6 Å². The molecule has 1 saturated heterocycles. The Morgan fingerprint density at radius 2 is 1.83 bits per heavy atom. The summed E-state index contributed by atoms with van der Waals surface area (Å²) < 4.78 is 0. The molecule has 2 aliphatic rings. The quantitative estimate of drug-likeness (QED) is 0.806. The summed E-state index contributed by atoms with van der Waals surface area (Å²) in [4.78, 5) is 2.83. The van der Waals surface area contributed by atoms with Crippen molar-refractivity contribution in [1.82, 2.24) is 10.2 Å². The number of rotatable bonds is 5. The van der Waals surface area contributed by atoms with Crippen LogP contribution in [0.15, 0.2) is 0 Å². The third-order valence-corrected chi connectivity index (χ3v) is 5.12. The molecule has 1 saturated carbocycles. The molecule has 2 rings (SSSR count). The van der Waals surface area contributed by atoms with E-state index in [-0.39, 0.29) is 0 Å². The molecule has 1 N–H and O–H groups in total. The van der Waals surface area contributed by atoms with E-state index < -0.39 is 0 Å². The Morgan fingerprint density at radius 1 is 1.06 bits per heavy atom. The number of likely N-dealkylation sites (tertiary alicyclic amines) is 1. The monoisotopic (exact) mass is 252 g/mol. The number of nitrogens with one attached hydrogen (secondary N) is 1.